The molecule has 2 aromatic carbocycles. The summed E-state index contributed by atoms with van der Waals surface area (Å²) >= 11 is 0. The first-order valence-electron chi connectivity index (χ1n) is 9.19. The number of anilines is 2. The van der Waals surface area contributed by atoms with Crippen LogP contribution in [-0.2, 0) is 4.79 Å². The number of hydrogen-bond acceptors (Lipinski definition) is 7. The van der Waals surface area contributed by atoms with Crippen LogP contribution in [0, 0.1) is 10.1 Å². The van der Waals surface area contributed by atoms with E-state index in [0.717, 1.165) is 0 Å². The fourth-order valence-electron chi connectivity index (χ4n) is 2.60. The molecule has 0 fully saturated rings. The predicted molar refractivity (Wildman–Crippen MR) is 110 cm³/mol. The van der Waals surface area contributed by atoms with Gasteiger partial charge in [0.1, 0.15) is 11.8 Å². The van der Waals surface area contributed by atoms with Crippen LogP contribution in [0.5, 0.6) is 17.2 Å². The van der Waals surface area contributed by atoms with Crippen molar-refractivity contribution in [1.82, 2.24) is 0 Å². The van der Waals surface area contributed by atoms with E-state index in [0.29, 0.717) is 36.1 Å². The fraction of sp³-hybridized carbons (Fsp3) is 0.350. The molecule has 0 radical (unpaired) electrons. The van der Waals surface area contributed by atoms with Crippen LogP contribution in [0.15, 0.2) is 36.4 Å². The molecular weight excluding hydrogens is 378 g/mol. The van der Waals surface area contributed by atoms with Gasteiger partial charge in [-0.05, 0) is 39.0 Å². The van der Waals surface area contributed by atoms with Gasteiger partial charge in [0.15, 0.2) is 11.5 Å². The second-order valence-corrected chi connectivity index (χ2v) is 6.02. The van der Waals surface area contributed by atoms with E-state index in [-0.39, 0.29) is 17.3 Å². The lowest BCUT2D eigenvalue weighted by atomic mass is 10.2. The minimum Gasteiger partial charge on any atom is -0.495 e. The molecule has 2 aromatic rings. The zero-order chi connectivity index (χ0) is 21.4. The summed E-state index contributed by atoms with van der Waals surface area (Å²) in [4.78, 5) is 23.0. The number of carbonyl (C=O) groups is 1. The maximum absolute atomic E-state index is 12.6. The Labute approximate surface area is 169 Å². The molecule has 0 heterocycles. The average Bonchev–Trinajstić information content (AvgIpc) is 2.70. The van der Waals surface area contributed by atoms with Gasteiger partial charge in [-0.2, -0.15) is 0 Å². The molecule has 0 unspecified atom stereocenters. The number of amides is 1. The summed E-state index contributed by atoms with van der Waals surface area (Å²) in [5, 5.41) is 16.7. The first-order chi connectivity index (χ1) is 13.9. The molecule has 9 nitrogen and oxygen atoms in total. The highest BCUT2D eigenvalue weighted by Gasteiger charge is 2.18. The number of hydrogen-bond donors (Lipinski definition) is 2. The molecular formula is C20H25N3O6. The van der Waals surface area contributed by atoms with E-state index in [1.54, 1.807) is 25.1 Å². The normalized spacial score (nSPS) is 11.3. The molecule has 29 heavy (non-hydrogen) atoms. The van der Waals surface area contributed by atoms with Crippen LogP contribution in [0.3, 0.4) is 0 Å². The van der Waals surface area contributed by atoms with Crippen molar-refractivity contribution in [3.05, 3.63) is 46.5 Å². The molecule has 1 amide bonds. The Morgan fingerprint density at radius 2 is 1.72 bits per heavy atom. The van der Waals surface area contributed by atoms with Crippen LogP contribution in [0.2, 0.25) is 0 Å². The van der Waals surface area contributed by atoms with Crippen LogP contribution in [-0.4, -0.2) is 37.2 Å². The Hall–Kier alpha value is -3.49. The first-order valence-corrected chi connectivity index (χ1v) is 9.19. The van der Waals surface area contributed by atoms with Crippen molar-refractivity contribution in [3.63, 3.8) is 0 Å². The average molecular weight is 403 g/mol. The van der Waals surface area contributed by atoms with Gasteiger partial charge >= 0.3 is 0 Å². The Bertz CT molecular complexity index is 871. The zero-order valence-corrected chi connectivity index (χ0v) is 16.9. The third-order valence-electron chi connectivity index (χ3n) is 3.97. The van der Waals surface area contributed by atoms with Crippen LogP contribution < -0.4 is 24.8 Å². The number of carbonyl (C=O) groups excluding carboxylic acids is 1. The highest BCUT2D eigenvalue weighted by Crippen LogP contribution is 2.31. The molecule has 9 heteroatoms. The van der Waals surface area contributed by atoms with Crippen molar-refractivity contribution in [2.45, 2.75) is 26.8 Å². The third-order valence-corrected chi connectivity index (χ3v) is 3.97. The van der Waals surface area contributed by atoms with Crippen LogP contribution >= 0.6 is 0 Å². The number of nitrogens with zero attached hydrogens (tertiary/aromatic N) is 1. The SMILES string of the molecule is CCOc1ccc(N[C@H](C)C(=O)Nc2cc([N+](=O)[O-])ccc2OC)cc1OCC. The summed E-state index contributed by atoms with van der Waals surface area (Å²) in [6.45, 7) is 6.42. The van der Waals surface area contributed by atoms with E-state index in [1.807, 2.05) is 13.8 Å². The van der Waals surface area contributed by atoms with Crippen molar-refractivity contribution in [1.29, 1.82) is 0 Å². The van der Waals surface area contributed by atoms with E-state index in [1.165, 1.54) is 25.3 Å². The fourth-order valence-corrected chi connectivity index (χ4v) is 2.60. The first kappa shape index (κ1) is 21.8. The van der Waals surface area contributed by atoms with E-state index in [2.05, 4.69) is 10.6 Å². The number of non-ortho nitro benzene ring substituents is 1. The smallest absolute Gasteiger partial charge is 0.271 e. The minimum atomic E-state index is -0.633. The van der Waals surface area contributed by atoms with Crippen LogP contribution in [0.25, 0.3) is 0 Å². The van der Waals surface area contributed by atoms with E-state index in [4.69, 9.17) is 14.2 Å². The van der Waals surface area contributed by atoms with Gasteiger partial charge in [-0.15, -0.1) is 0 Å². The lowest BCUT2D eigenvalue weighted by Gasteiger charge is -2.18. The Balaban J connectivity index is 2.14. The molecule has 0 aliphatic rings. The van der Waals surface area contributed by atoms with Gasteiger partial charge in [0, 0.05) is 23.9 Å². The number of ether oxygens (including phenoxy) is 3. The summed E-state index contributed by atoms with van der Waals surface area (Å²) in [5.41, 5.74) is 0.752. The van der Waals surface area contributed by atoms with Crippen molar-refractivity contribution >= 4 is 23.0 Å². The molecule has 156 valence electrons. The summed E-state index contributed by atoms with van der Waals surface area (Å²) in [6.07, 6.45) is 0. The van der Waals surface area contributed by atoms with Gasteiger partial charge in [0.05, 0.1) is 30.9 Å². The van der Waals surface area contributed by atoms with Crippen LogP contribution in [0.4, 0.5) is 17.1 Å². The topological polar surface area (TPSA) is 112 Å². The quantitative estimate of drug-likeness (QED) is 0.458. The summed E-state index contributed by atoms with van der Waals surface area (Å²) < 4.78 is 16.3. The summed E-state index contributed by atoms with van der Waals surface area (Å²) in [5.74, 6) is 1.15. The second-order valence-electron chi connectivity index (χ2n) is 6.02. The molecule has 0 saturated heterocycles. The number of benzene rings is 2. The molecule has 2 rings (SSSR count). The maximum atomic E-state index is 12.6. The number of nitrogens with one attached hydrogen (secondary N) is 2. The molecule has 0 bridgehead atoms. The Morgan fingerprint density at radius 3 is 2.34 bits per heavy atom. The molecule has 2 N–H and O–H groups in total. The van der Waals surface area contributed by atoms with Crippen molar-refractivity contribution in [2.75, 3.05) is 31.0 Å². The lowest BCUT2D eigenvalue weighted by molar-refractivity contribution is -0.384. The maximum Gasteiger partial charge on any atom is 0.271 e. The molecule has 0 saturated carbocycles. The molecule has 0 aliphatic heterocycles. The van der Waals surface area contributed by atoms with E-state index < -0.39 is 11.0 Å². The van der Waals surface area contributed by atoms with Crippen molar-refractivity contribution in [2.24, 2.45) is 0 Å². The minimum absolute atomic E-state index is 0.144. The van der Waals surface area contributed by atoms with Gasteiger partial charge in [0.25, 0.3) is 5.69 Å². The van der Waals surface area contributed by atoms with Crippen LogP contribution in [0.1, 0.15) is 20.8 Å². The highest BCUT2D eigenvalue weighted by atomic mass is 16.6. The number of nitro benzene ring substituents is 1. The van der Waals surface area contributed by atoms with Gasteiger partial charge in [-0.3, -0.25) is 14.9 Å². The van der Waals surface area contributed by atoms with Gasteiger partial charge in [-0.1, -0.05) is 0 Å². The van der Waals surface area contributed by atoms with E-state index >= 15 is 0 Å². The van der Waals surface area contributed by atoms with Gasteiger partial charge in [-0.25, -0.2) is 0 Å². The third kappa shape index (κ3) is 5.74. The number of nitro groups is 1. The molecule has 0 aliphatic carbocycles. The monoisotopic (exact) mass is 403 g/mol. The summed E-state index contributed by atoms with van der Waals surface area (Å²) in [6, 6.07) is 8.68. The largest absolute Gasteiger partial charge is 0.495 e. The van der Waals surface area contributed by atoms with Gasteiger partial charge in [0.2, 0.25) is 5.91 Å². The zero-order valence-electron chi connectivity index (χ0n) is 16.9. The van der Waals surface area contributed by atoms with Crippen molar-refractivity contribution < 1.29 is 23.9 Å². The van der Waals surface area contributed by atoms with Crippen molar-refractivity contribution in [3.8, 4) is 17.2 Å². The summed E-state index contributed by atoms with van der Waals surface area (Å²) in [7, 11) is 1.42. The molecule has 0 spiro atoms. The Morgan fingerprint density at radius 1 is 1.07 bits per heavy atom. The second kappa shape index (κ2) is 10.2. The Kier molecular flexibility index (Phi) is 7.64. The lowest BCUT2D eigenvalue weighted by Crippen LogP contribution is -2.32. The number of methoxy groups -OCH3 is 1. The standard InChI is InChI=1S/C20H25N3O6/c1-5-28-18-9-7-14(11-19(18)29-6-2)21-13(3)20(24)22-16-12-15(23(25)26)8-10-17(16)27-4/h7-13,21H,5-6H2,1-4H3,(H,22,24)/t13-/m1/s1. The van der Waals surface area contributed by atoms with E-state index in [9.17, 15) is 14.9 Å². The predicted octanol–water partition coefficient (Wildman–Crippen LogP) is 3.84. The molecule has 0 aromatic heterocycles. The molecule has 1 atom stereocenters. The number of rotatable bonds is 10. The highest BCUT2D eigenvalue weighted by molar-refractivity contribution is 5.97. The van der Waals surface area contributed by atoms with Gasteiger partial charge < -0.3 is 24.8 Å².